The van der Waals surface area contributed by atoms with Gasteiger partial charge in [0.2, 0.25) is 11.9 Å². The minimum absolute atomic E-state index is 0.0213. The summed E-state index contributed by atoms with van der Waals surface area (Å²) in [5, 5.41) is 0.510. The van der Waals surface area contributed by atoms with Gasteiger partial charge in [-0.15, -0.1) is 65.6 Å². The molecule has 5 nitrogen and oxygen atoms in total. The summed E-state index contributed by atoms with van der Waals surface area (Å²) in [5.41, 5.74) is -2.82. The van der Waals surface area contributed by atoms with Crippen molar-refractivity contribution in [2.24, 2.45) is 0 Å². The Balaban J connectivity index is 1.54. The van der Waals surface area contributed by atoms with Crippen LogP contribution in [-0.2, 0) is 0 Å². The molecule has 0 aliphatic rings. The molecular weight excluding hydrogens is 841 g/mol. The van der Waals surface area contributed by atoms with Crippen LogP contribution in [0.4, 0.5) is 0 Å². The Morgan fingerprint density at radius 1 is 0.229 bits per heavy atom. The first-order chi connectivity index (χ1) is 32.7. The van der Waals surface area contributed by atoms with Crippen LogP contribution in [0.5, 0.6) is 0 Å². The van der Waals surface area contributed by atoms with Gasteiger partial charge in [0, 0.05) is 27.6 Å². The highest BCUT2D eigenvalue weighted by atomic mass is 32.2. The second-order valence-electron chi connectivity index (χ2n) is 16.3. The van der Waals surface area contributed by atoms with Gasteiger partial charge in [-0.25, -0.2) is 0 Å². The van der Waals surface area contributed by atoms with Crippen molar-refractivity contribution in [2.45, 2.75) is 9.79 Å². The van der Waals surface area contributed by atoms with Crippen LogP contribution in [0.2, 0.25) is 0 Å². The van der Waals surface area contributed by atoms with E-state index in [2.05, 4.69) is 0 Å². The maximum atomic E-state index is 7.07. The van der Waals surface area contributed by atoms with Crippen LogP contribution in [-0.4, -0.2) is 220 Å². The van der Waals surface area contributed by atoms with Crippen molar-refractivity contribution in [3.05, 3.63) is 0 Å². The topological polar surface area (TPSA) is 48.5 Å². The lowest BCUT2D eigenvalue weighted by atomic mass is 9.62. The summed E-state index contributed by atoms with van der Waals surface area (Å²) >= 11 is 0.843. The molecule has 0 aliphatic heterocycles. The number of benzene rings is 6. The summed E-state index contributed by atoms with van der Waals surface area (Å²) in [6.07, 6.45) is 0. The van der Waals surface area contributed by atoms with Crippen molar-refractivity contribution in [3.63, 3.8) is 0 Å². The molecule has 9 aromatic rings. The van der Waals surface area contributed by atoms with Crippen LogP contribution < -0.4 is 137 Å². The quantitative estimate of drug-likeness (QED) is 0.162. The maximum absolute atomic E-state index is 7.07. The fourth-order valence-corrected chi connectivity index (χ4v) is 9.76. The average Bonchev–Trinajstić information content (AvgIpc) is 3.89. The molecule has 3 heterocycles. The Morgan fingerprint density at radius 2 is 0.457 bits per heavy atom. The van der Waals surface area contributed by atoms with Crippen LogP contribution in [0.25, 0.3) is 66.9 Å². The van der Waals surface area contributed by atoms with E-state index in [9.17, 15) is 0 Å². The van der Waals surface area contributed by atoms with Gasteiger partial charge in [0.05, 0.1) is 0 Å². The zero-order valence-electron chi connectivity index (χ0n) is 36.6. The van der Waals surface area contributed by atoms with E-state index in [4.69, 9.17) is 211 Å². The molecule has 9 rings (SSSR count). The summed E-state index contributed by atoms with van der Waals surface area (Å²) in [4.78, 5) is 15.0. The van der Waals surface area contributed by atoms with Crippen molar-refractivity contribution in [2.75, 3.05) is 0 Å². The van der Waals surface area contributed by atoms with Crippen LogP contribution in [0, 0.1) is 0 Å². The zero-order valence-corrected chi connectivity index (χ0v) is 37.4. The number of hydrogen-bond donors (Lipinski definition) is 0. The molecule has 70 heavy (non-hydrogen) atoms. The Kier molecular flexibility index (Phi) is 12.7. The maximum Gasteiger partial charge on any atom is 0.240 e. The van der Waals surface area contributed by atoms with E-state index in [1.807, 2.05) is 0 Å². The van der Waals surface area contributed by atoms with Gasteiger partial charge < -0.3 is 0 Å². The first kappa shape index (κ1) is 50.8. The van der Waals surface area contributed by atoms with E-state index >= 15 is 0 Å². The summed E-state index contributed by atoms with van der Waals surface area (Å²) in [7, 11) is 165. The first-order valence-electron chi connectivity index (χ1n) is 20.1. The smallest absolute Gasteiger partial charge is 0.240 e. The van der Waals surface area contributed by atoms with E-state index in [0.717, 1.165) is 11.8 Å². The normalized spacial score (nSPS) is 11.8. The highest BCUT2D eigenvalue weighted by molar-refractivity contribution is 8.00. The standard InChI is InChI=1S/C39B25N5S/c40-6-1-2-7(41)13(47)19(53)25(59)32(2)68(31(1)24(58)18(52)12(6)46)38-65-37(5-10(44)16(50)28(62)35(11(5)45)70-36-29(63)22(56)17(51)23(57)30(36)64)66-39(67-38)69-33-3(8(42)14(48)20(54)26(33)60)4-9(43)15(49)21(55)27(61)34(4)69. The first-order valence-corrected chi connectivity index (χ1v) is 20.9. The fourth-order valence-electron chi connectivity index (χ4n) is 8.68. The van der Waals surface area contributed by atoms with Crippen LogP contribution in [0.1, 0.15) is 0 Å². The zero-order chi connectivity index (χ0) is 51.5. The van der Waals surface area contributed by atoms with Crippen molar-refractivity contribution in [1.29, 1.82) is 0 Å². The Hall–Kier alpha value is -4.10. The molecule has 50 radical (unpaired) electrons. The predicted octanol–water partition coefficient (Wildman–Crippen LogP) is -20.3. The van der Waals surface area contributed by atoms with E-state index in [1.165, 1.54) is 9.13 Å². The van der Waals surface area contributed by atoms with Crippen molar-refractivity contribution in [1.82, 2.24) is 24.1 Å². The Labute approximate surface area is 442 Å². The molecule has 0 fully saturated rings. The van der Waals surface area contributed by atoms with Gasteiger partial charge in [-0.1, -0.05) is 82.8 Å². The molecule has 262 valence electrons. The monoisotopic (exact) mass is 845 g/mol. The third-order valence-electron chi connectivity index (χ3n) is 12.6. The summed E-state index contributed by atoms with van der Waals surface area (Å²) in [6.45, 7) is 0. The van der Waals surface area contributed by atoms with Crippen LogP contribution in [0.3, 0.4) is 0 Å². The molecule has 0 N–H and O–H groups in total. The second kappa shape index (κ2) is 17.5. The highest BCUT2D eigenvalue weighted by Crippen LogP contribution is 2.30. The van der Waals surface area contributed by atoms with Gasteiger partial charge in [0.1, 0.15) is 196 Å². The molecule has 0 spiro atoms. The molecule has 0 amide bonds. The number of fused-ring (bicyclic) bond motifs is 6. The molecule has 0 atom stereocenters. The number of nitrogens with zero attached hydrogens (tertiary/aromatic N) is 5. The summed E-state index contributed by atoms with van der Waals surface area (Å²) in [6, 6.07) is 0. The van der Waals surface area contributed by atoms with Gasteiger partial charge in [-0.2, -0.15) is 15.0 Å². The van der Waals surface area contributed by atoms with Gasteiger partial charge in [-0.3, -0.25) is 9.13 Å². The molecule has 0 saturated carbocycles. The number of hydrogen-bond acceptors (Lipinski definition) is 4. The highest BCUT2D eigenvalue weighted by Gasteiger charge is 2.29. The van der Waals surface area contributed by atoms with E-state index in [1.54, 1.807) is 0 Å². The summed E-state index contributed by atoms with van der Waals surface area (Å²) in [5.74, 6) is -1.02. The predicted molar refractivity (Wildman–Crippen MR) is 319 cm³/mol. The minimum Gasteiger partial charge on any atom is -0.279 e. The average molecular weight is 841 g/mol. The van der Waals surface area contributed by atoms with Crippen LogP contribution >= 0.6 is 11.8 Å². The Morgan fingerprint density at radius 3 is 0.757 bits per heavy atom. The van der Waals surface area contributed by atoms with Crippen molar-refractivity contribution >= 4 is 388 Å². The van der Waals surface area contributed by atoms with Gasteiger partial charge >= 0.3 is 0 Å². The molecule has 0 bridgehead atoms. The van der Waals surface area contributed by atoms with E-state index in [-0.39, 0.29) is 213 Å². The largest absolute Gasteiger partial charge is 0.279 e. The molecule has 0 unspecified atom stereocenters. The Bertz CT molecular complexity index is 3580. The third kappa shape index (κ3) is 6.87. The van der Waals surface area contributed by atoms with Gasteiger partial charge in [-0.05, 0) is 31.3 Å². The lowest BCUT2D eigenvalue weighted by Crippen LogP contribution is -2.55. The van der Waals surface area contributed by atoms with E-state index < -0.39 is 0 Å². The SMILES string of the molecule is [B]c1c([B])c([B])c(Sc2c([B])c([B])c([B])c(-c3nc(-n4c5c([B])c([B])c([B])c([B])c5c5c([B])c([B])c([B])c([B])c54)nc(-n4c5c([B])c([B])c([B])c([B])c5c5c([B])c([B])c([B])c([B])c54)n3)c2[B])c([B])c1[B]. The second-order valence-corrected chi connectivity index (χ2v) is 17.3. The molecule has 0 saturated heterocycles. The minimum atomic E-state index is -0.346. The molecule has 31 heteroatoms. The van der Waals surface area contributed by atoms with Gasteiger partial charge in [0.15, 0.2) is 5.82 Å². The molecule has 6 aromatic carbocycles. The fraction of sp³-hybridized carbons (Fsp3) is 0. The summed E-state index contributed by atoms with van der Waals surface area (Å²) < 4.78 is 2.68. The number of aromatic nitrogens is 5. The lowest BCUT2D eigenvalue weighted by molar-refractivity contribution is 0.896. The molecular formula is C39B25N5S. The van der Waals surface area contributed by atoms with Crippen molar-refractivity contribution < 1.29 is 0 Å². The molecule has 3 aromatic heterocycles. The van der Waals surface area contributed by atoms with E-state index in [0.29, 0.717) is 0 Å². The molecule has 0 aliphatic carbocycles. The van der Waals surface area contributed by atoms with Gasteiger partial charge in [0.25, 0.3) is 0 Å². The van der Waals surface area contributed by atoms with Crippen molar-refractivity contribution in [3.8, 4) is 23.3 Å². The lowest BCUT2D eigenvalue weighted by Gasteiger charge is -2.25. The van der Waals surface area contributed by atoms with Crippen LogP contribution in [0.15, 0.2) is 9.79 Å². The third-order valence-corrected chi connectivity index (χ3v) is 13.9. The number of rotatable bonds is 5.